The van der Waals surface area contributed by atoms with E-state index in [1.165, 1.54) is 0 Å². The Labute approximate surface area is 66.4 Å². The van der Waals surface area contributed by atoms with Crippen LogP contribution in [0.4, 0.5) is 11.4 Å². The van der Waals surface area contributed by atoms with E-state index in [0.717, 1.165) is 17.0 Å². The quantitative estimate of drug-likeness (QED) is 0.585. The molecule has 1 heterocycles. The molecular weight excluding hydrogens is 138 g/mol. The van der Waals surface area contributed by atoms with E-state index in [9.17, 15) is 0 Å². The molecule has 0 aromatic carbocycles. The lowest BCUT2D eigenvalue weighted by Crippen LogP contribution is -2.04. The normalized spacial score (nSPS) is 10.1. The van der Waals surface area contributed by atoms with Crippen LogP contribution in [0.25, 0.3) is 0 Å². The van der Waals surface area contributed by atoms with Crippen molar-refractivity contribution >= 4 is 11.4 Å². The number of rotatable bonds is 0. The Hall–Kier alpha value is -1.25. The van der Waals surface area contributed by atoms with E-state index in [0.29, 0.717) is 11.4 Å². The molecule has 0 aliphatic heterocycles. The second-order valence-corrected chi connectivity index (χ2v) is 2.73. The van der Waals surface area contributed by atoms with Gasteiger partial charge in [-0.05, 0) is 26.3 Å². The fourth-order valence-corrected chi connectivity index (χ4v) is 0.987. The second-order valence-electron chi connectivity index (χ2n) is 2.73. The van der Waals surface area contributed by atoms with Gasteiger partial charge in [-0.2, -0.15) is 0 Å². The molecule has 4 N–H and O–H groups in total. The van der Waals surface area contributed by atoms with Gasteiger partial charge in [0.1, 0.15) is 0 Å². The van der Waals surface area contributed by atoms with E-state index in [1.807, 2.05) is 20.8 Å². The first-order chi connectivity index (χ1) is 5.04. The van der Waals surface area contributed by atoms with Crippen molar-refractivity contribution in [1.82, 2.24) is 4.98 Å². The number of aryl methyl sites for hydroxylation is 2. The van der Waals surface area contributed by atoms with Gasteiger partial charge in [0, 0.05) is 5.69 Å². The van der Waals surface area contributed by atoms with Crippen LogP contribution in [-0.2, 0) is 0 Å². The van der Waals surface area contributed by atoms with Gasteiger partial charge in [0.25, 0.3) is 0 Å². The molecule has 1 rings (SSSR count). The summed E-state index contributed by atoms with van der Waals surface area (Å²) in [6.07, 6.45) is 0. The van der Waals surface area contributed by atoms with Crippen LogP contribution in [0, 0.1) is 20.8 Å². The third-order valence-electron chi connectivity index (χ3n) is 1.96. The van der Waals surface area contributed by atoms with Crippen molar-refractivity contribution in [3.63, 3.8) is 0 Å². The predicted octanol–water partition coefficient (Wildman–Crippen LogP) is 1.17. The maximum atomic E-state index is 5.72. The molecule has 0 spiro atoms. The van der Waals surface area contributed by atoms with E-state index < -0.39 is 0 Å². The van der Waals surface area contributed by atoms with Gasteiger partial charge in [-0.1, -0.05) is 0 Å². The summed E-state index contributed by atoms with van der Waals surface area (Å²) in [4.78, 5) is 4.23. The molecule has 0 aliphatic carbocycles. The number of nitrogen functional groups attached to an aromatic ring is 2. The largest absolute Gasteiger partial charge is 0.397 e. The Morgan fingerprint density at radius 2 is 1.45 bits per heavy atom. The van der Waals surface area contributed by atoms with E-state index in [2.05, 4.69) is 4.98 Å². The van der Waals surface area contributed by atoms with E-state index >= 15 is 0 Å². The lowest BCUT2D eigenvalue weighted by Gasteiger charge is -2.08. The summed E-state index contributed by atoms with van der Waals surface area (Å²) in [6, 6.07) is 0. The van der Waals surface area contributed by atoms with Crippen LogP contribution in [0.2, 0.25) is 0 Å². The maximum absolute atomic E-state index is 5.72. The second kappa shape index (κ2) is 2.42. The first kappa shape index (κ1) is 7.85. The summed E-state index contributed by atoms with van der Waals surface area (Å²) in [5, 5.41) is 0. The van der Waals surface area contributed by atoms with Crippen molar-refractivity contribution < 1.29 is 0 Å². The number of nitrogens with two attached hydrogens (primary N) is 2. The molecule has 0 saturated carbocycles. The molecule has 0 fully saturated rings. The molecular formula is C8H13N3. The molecule has 60 valence electrons. The lowest BCUT2D eigenvalue weighted by atomic mass is 10.1. The molecule has 0 amide bonds. The molecule has 0 aliphatic rings. The van der Waals surface area contributed by atoms with Crippen molar-refractivity contribution in [1.29, 1.82) is 0 Å². The van der Waals surface area contributed by atoms with Crippen LogP contribution < -0.4 is 11.5 Å². The van der Waals surface area contributed by atoms with E-state index in [1.54, 1.807) is 0 Å². The van der Waals surface area contributed by atoms with Crippen molar-refractivity contribution in [2.75, 3.05) is 11.5 Å². The SMILES string of the molecule is Cc1nc(C)c(N)c(N)c1C. The Bertz CT molecular complexity index is 266. The summed E-state index contributed by atoms with van der Waals surface area (Å²) >= 11 is 0. The first-order valence-corrected chi connectivity index (χ1v) is 3.52. The highest BCUT2D eigenvalue weighted by molar-refractivity contribution is 5.69. The van der Waals surface area contributed by atoms with Gasteiger partial charge < -0.3 is 11.5 Å². The smallest absolute Gasteiger partial charge is 0.0766 e. The average molecular weight is 151 g/mol. The number of aromatic nitrogens is 1. The lowest BCUT2D eigenvalue weighted by molar-refractivity contribution is 1.10. The summed E-state index contributed by atoms with van der Waals surface area (Å²) in [5.74, 6) is 0. The van der Waals surface area contributed by atoms with Gasteiger partial charge in [0.05, 0.1) is 17.1 Å². The molecule has 0 bridgehead atoms. The zero-order valence-corrected chi connectivity index (χ0v) is 7.10. The fraction of sp³-hybridized carbons (Fsp3) is 0.375. The van der Waals surface area contributed by atoms with Crippen LogP contribution in [0.15, 0.2) is 0 Å². The molecule has 0 atom stereocenters. The van der Waals surface area contributed by atoms with Gasteiger partial charge in [-0.15, -0.1) is 0 Å². The van der Waals surface area contributed by atoms with Crippen LogP contribution >= 0.6 is 0 Å². The molecule has 0 unspecified atom stereocenters. The zero-order valence-electron chi connectivity index (χ0n) is 7.10. The zero-order chi connectivity index (χ0) is 8.59. The third kappa shape index (κ3) is 1.13. The van der Waals surface area contributed by atoms with Crippen molar-refractivity contribution in [3.05, 3.63) is 17.0 Å². The van der Waals surface area contributed by atoms with Crippen LogP contribution in [0.1, 0.15) is 17.0 Å². The molecule has 0 saturated heterocycles. The van der Waals surface area contributed by atoms with Gasteiger partial charge in [-0.25, -0.2) is 0 Å². The van der Waals surface area contributed by atoms with Crippen molar-refractivity contribution in [2.45, 2.75) is 20.8 Å². The average Bonchev–Trinajstić information content (AvgIpc) is 1.97. The summed E-state index contributed by atoms with van der Waals surface area (Å²) < 4.78 is 0. The van der Waals surface area contributed by atoms with Gasteiger partial charge in [-0.3, -0.25) is 4.98 Å². The van der Waals surface area contributed by atoms with Crippen LogP contribution in [0.5, 0.6) is 0 Å². The van der Waals surface area contributed by atoms with Crippen molar-refractivity contribution in [2.24, 2.45) is 0 Å². The number of hydrogen-bond acceptors (Lipinski definition) is 3. The Morgan fingerprint density at radius 1 is 0.909 bits per heavy atom. The molecule has 3 nitrogen and oxygen atoms in total. The minimum absolute atomic E-state index is 0.605. The molecule has 0 radical (unpaired) electrons. The number of hydrogen-bond donors (Lipinski definition) is 2. The molecule has 11 heavy (non-hydrogen) atoms. The number of nitrogens with zero attached hydrogens (tertiary/aromatic N) is 1. The minimum Gasteiger partial charge on any atom is -0.397 e. The first-order valence-electron chi connectivity index (χ1n) is 3.52. The van der Waals surface area contributed by atoms with Gasteiger partial charge in [0.15, 0.2) is 0 Å². The molecule has 1 aromatic heterocycles. The standard InChI is InChI=1S/C8H13N3/c1-4-5(2)11-6(3)8(10)7(4)9/h10H2,1-3H3,(H2,9,11). The number of pyridine rings is 1. The van der Waals surface area contributed by atoms with Gasteiger partial charge in [0.2, 0.25) is 0 Å². The minimum atomic E-state index is 0.605. The van der Waals surface area contributed by atoms with E-state index in [4.69, 9.17) is 11.5 Å². The Morgan fingerprint density at radius 3 is 2.00 bits per heavy atom. The topological polar surface area (TPSA) is 64.9 Å². The Balaban J connectivity index is 3.46. The predicted molar refractivity (Wildman–Crippen MR) is 47.3 cm³/mol. The van der Waals surface area contributed by atoms with E-state index in [-0.39, 0.29) is 0 Å². The summed E-state index contributed by atoms with van der Waals surface area (Å²) in [5.41, 5.74) is 15.4. The molecule has 1 aromatic rings. The fourth-order valence-electron chi connectivity index (χ4n) is 0.987. The van der Waals surface area contributed by atoms with Crippen LogP contribution in [-0.4, -0.2) is 4.98 Å². The highest BCUT2D eigenvalue weighted by Gasteiger charge is 2.05. The summed E-state index contributed by atoms with van der Waals surface area (Å²) in [6.45, 7) is 5.71. The van der Waals surface area contributed by atoms with Crippen LogP contribution in [0.3, 0.4) is 0 Å². The Kier molecular flexibility index (Phi) is 1.72. The third-order valence-corrected chi connectivity index (χ3v) is 1.96. The number of anilines is 2. The summed E-state index contributed by atoms with van der Waals surface area (Å²) in [7, 11) is 0. The maximum Gasteiger partial charge on any atom is 0.0766 e. The monoisotopic (exact) mass is 151 g/mol. The molecule has 3 heteroatoms. The highest BCUT2D eigenvalue weighted by atomic mass is 14.8. The highest BCUT2D eigenvalue weighted by Crippen LogP contribution is 2.23. The van der Waals surface area contributed by atoms with Gasteiger partial charge >= 0.3 is 0 Å². The van der Waals surface area contributed by atoms with Crippen molar-refractivity contribution in [3.8, 4) is 0 Å².